The van der Waals surface area contributed by atoms with E-state index in [1.54, 1.807) is 0 Å². The third kappa shape index (κ3) is 23.1. The minimum absolute atomic E-state index is 0.0306. The fourth-order valence-corrected chi connectivity index (χ4v) is 9.01. The number of carboxylic acids is 1. The van der Waals surface area contributed by atoms with Crippen molar-refractivity contribution in [1.82, 2.24) is 45.7 Å². The summed E-state index contributed by atoms with van der Waals surface area (Å²) in [6.07, 6.45) is -10.1. The molecule has 7 atom stereocenters. The maximum absolute atomic E-state index is 12.7. The third-order valence-electron chi connectivity index (χ3n) is 8.93. The normalized spacial score (nSPS) is 19.8. The highest BCUT2D eigenvalue weighted by Gasteiger charge is 2.50. The first kappa shape index (κ1) is 61.7. The van der Waals surface area contributed by atoms with E-state index in [4.69, 9.17) is 29.4 Å². The number of aromatic nitrogens is 4. The van der Waals surface area contributed by atoms with Crippen LogP contribution < -0.4 is 27.0 Å². The summed E-state index contributed by atoms with van der Waals surface area (Å²) in [6.45, 7) is 3.86. The van der Waals surface area contributed by atoms with Gasteiger partial charge >= 0.3 is 35.6 Å². The summed E-state index contributed by atoms with van der Waals surface area (Å²) in [6, 6.07) is 0. The molecule has 1 aliphatic heterocycles. The van der Waals surface area contributed by atoms with E-state index >= 15 is 0 Å². The minimum Gasteiger partial charge on any atom is -0.475 e. The number of fused-ring (bicyclic) bond motifs is 1. The van der Waals surface area contributed by atoms with E-state index < -0.39 is 96.7 Å². The first-order valence-corrected chi connectivity index (χ1v) is 25.9. The monoisotopic (exact) mass is 1080 g/mol. The summed E-state index contributed by atoms with van der Waals surface area (Å²) < 4.78 is 94.0. The van der Waals surface area contributed by atoms with Crippen molar-refractivity contribution in [1.29, 1.82) is 0 Å². The zero-order chi connectivity index (χ0) is 52.4. The van der Waals surface area contributed by atoms with Crippen molar-refractivity contribution < 1.29 is 104 Å². The second-order valence-electron chi connectivity index (χ2n) is 15.5. The van der Waals surface area contributed by atoms with Gasteiger partial charge in [0.1, 0.15) is 36.3 Å². The van der Waals surface area contributed by atoms with Gasteiger partial charge < -0.3 is 71.5 Å². The Balaban J connectivity index is 0.00000216. The number of rotatable bonds is 29. The molecule has 36 heteroatoms. The molecule has 0 bridgehead atoms. The molecule has 1 fully saturated rings. The lowest BCUT2D eigenvalue weighted by molar-refractivity contribution is -0.192. The largest absolute Gasteiger partial charge is 0.490 e. The van der Waals surface area contributed by atoms with Crippen LogP contribution >= 0.6 is 35.2 Å². The van der Waals surface area contributed by atoms with Crippen LogP contribution in [-0.4, -0.2) is 192 Å². The van der Waals surface area contributed by atoms with Crippen LogP contribution in [0.2, 0.25) is 0 Å². The van der Waals surface area contributed by atoms with Crippen LogP contribution in [-0.2, 0) is 55.5 Å². The van der Waals surface area contributed by atoms with Crippen molar-refractivity contribution >= 4 is 75.9 Å². The molecule has 0 radical (unpaired) electrons. The number of halogens is 3. The van der Waals surface area contributed by atoms with Crippen molar-refractivity contribution in [2.45, 2.75) is 69.9 Å². The molecule has 3 rings (SSSR count). The Morgan fingerprint density at radius 2 is 1.57 bits per heavy atom. The van der Waals surface area contributed by atoms with Crippen molar-refractivity contribution in [2.24, 2.45) is 5.41 Å². The number of amides is 3. The summed E-state index contributed by atoms with van der Waals surface area (Å²) in [7, 11) is -12.4. The first-order valence-electron chi connectivity index (χ1n) is 20.2. The number of thioether (sulfide) groups is 1. The van der Waals surface area contributed by atoms with E-state index in [0.717, 1.165) is 49.7 Å². The highest BCUT2D eigenvalue weighted by atomic mass is 32.2. The summed E-state index contributed by atoms with van der Waals surface area (Å²) >= 11 is 1.34. The van der Waals surface area contributed by atoms with Crippen LogP contribution in [0.3, 0.4) is 0 Å². The lowest BCUT2D eigenvalue weighted by atomic mass is 9.87. The van der Waals surface area contributed by atoms with Crippen LogP contribution in [0, 0.1) is 5.41 Å². The number of nitrogen functional groups attached to an aromatic ring is 1. The number of carboxylic acid groups (broad SMARTS) is 1. The molecule has 2 aromatic rings. The van der Waals surface area contributed by atoms with E-state index in [9.17, 15) is 71.0 Å². The Morgan fingerprint density at radius 1 is 0.942 bits per heavy atom. The molecular weight excluding hydrogens is 1020 g/mol. The zero-order valence-electron chi connectivity index (χ0n) is 37.5. The number of aliphatic hydroxyl groups excluding tert-OH is 2. The SMILES string of the molecule is CN(C)CCCNCCCNC(=O)CSCCNC(=O)CCNC(=O)[C@H](O)C(C)(C)COP(=O)(O)OP(=O)(O)OC[C@H]1O[C@@H](n2cnc3c(N)ncnc32)[C@H](O)[C@@H]1OP(=O)(O)O.O=C(O)C(F)(F)F. The number of phosphoric ester groups is 3. The maximum atomic E-state index is 12.7. The number of nitrogens with zero attached hydrogens (tertiary/aromatic N) is 5. The van der Waals surface area contributed by atoms with Crippen molar-refractivity contribution in [3.63, 3.8) is 0 Å². The topological polar surface area (TPSA) is 428 Å². The molecule has 3 amide bonds. The molecule has 1 aliphatic rings. The smallest absolute Gasteiger partial charge is 0.475 e. The third-order valence-corrected chi connectivity index (χ3v) is 13.0. The van der Waals surface area contributed by atoms with Crippen molar-refractivity contribution in [3.05, 3.63) is 12.7 Å². The molecular formula is C33H58F3N10O19P3S. The number of hydrogen-bond donors (Lipinski definition) is 12. The van der Waals surface area contributed by atoms with E-state index in [0.29, 0.717) is 12.3 Å². The van der Waals surface area contributed by atoms with Gasteiger partial charge in [0.25, 0.3) is 0 Å². The average molecular weight is 1080 g/mol. The van der Waals surface area contributed by atoms with Gasteiger partial charge in [-0.25, -0.2) is 33.4 Å². The first-order chi connectivity index (χ1) is 31.9. The summed E-state index contributed by atoms with van der Waals surface area (Å²) in [5, 5.41) is 39.8. The number of carbonyl (C=O) groups is 4. The number of hydrogen-bond acceptors (Lipinski definition) is 21. The number of aliphatic carboxylic acids is 1. The molecule has 0 aromatic carbocycles. The Hall–Kier alpha value is -3.46. The van der Waals surface area contributed by atoms with Crippen LogP contribution in [0.25, 0.3) is 11.2 Å². The number of nitrogens with two attached hydrogens (primary N) is 1. The van der Waals surface area contributed by atoms with Gasteiger partial charge in [-0.15, -0.1) is 0 Å². The number of imidazole rings is 1. The second-order valence-corrected chi connectivity index (χ2v) is 20.9. The molecule has 396 valence electrons. The molecule has 3 heterocycles. The number of ether oxygens (including phenoxy) is 1. The molecule has 0 aliphatic carbocycles. The molecule has 13 N–H and O–H groups in total. The van der Waals surface area contributed by atoms with Crippen molar-refractivity contribution in [2.75, 3.05) is 83.8 Å². The Labute approximate surface area is 396 Å². The van der Waals surface area contributed by atoms with E-state index in [1.807, 2.05) is 14.1 Å². The number of nitrogens with one attached hydrogen (secondary N) is 4. The van der Waals surface area contributed by atoms with Gasteiger partial charge in [0.05, 0.1) is 25.3 Å². The van der Waals surface area contributed by atoms with Gasteiger partial charge in [-0.2, -0.15) is 29.2 Å². The molecule has 1 saturated heterocycles. The maximum Gasteiger partial charge on any atom is 0.490 e. The number of alkyl halides is 3. The van der Waals surface area contributed by atoms with E-state index in [-0.39, 0.29) is 48.2 Å². The van der Waals surface area contributed by atoms with Gasteiger partial charge in [-0.1, -0.05) is 13.8 Å². The predicted molar refractivity (Wildman–Crippen MR) is 234 cm³/mol. The summed E-state index contributed by atoms with van der Waals surface area (Å²) in [5.41, 5.74) is 4.27. The molecule has 2 aromatic heterocycles. The Morgan fingerprint density at radius 3 is 2.19 bits per heavy atom. The fraction of sp³-hybridized carbons (Fsp3) is 0.727. The van der Waals surface area contributed by atoms with Gasteiger partial charge in [-0.05, 0) is 46.6 Å². The van der Waals surface area contributed by atoms with Crippen LogP contribution in [0.15, 0.2) is 12.7 Å². The van der Waals surface area contributed by atoms with E-state index in [2.05, 4.69) is 50.0 Å². The average Bonchev–Trinajstić information content (AvgIpc) is 3.79. The van der Waals surface area contributed by atoms with E-state index in [1.165, 1.54) is 25.6 Å². The number of anilines is 1. The quantitative estimate of drug-likeness (QED) is 0.0337. The minimum atomic E-state index is -5.57. The number of phosphoric acid groups is 3. The van der Waals surface area contributed by atoms with Gasteiger partial charge in [0, 0.05) is 37.2 Å². The van der Waals surface area contributed by atoms with Crippen LogP contribution in [0.1, 0.15) is 39.3 Å². The lowest BCUT2D eigenvalue weighted by Gasteiger charge is -2.30. The summed E-state index contributed by atoms with van der Waals surface area (Å²) in [5.74, 6) is -3.59. The van der Waals surface area contributed by atoms with Crippen LogP contribution in [0.5, 0.6) is 0 Å². The Kier molecular flexibility index (Phi) is 25.0. The van der Waals surface area contributed by atoms with Gasteiger partial charge in [0.15, 0.2) is 17.7 Å². The number of aliphatic hydroxyl groups is 2. The lowest BCUT2D eigenvalue weighted by Crippen LogP contribution is -2.46. The number of carbonyl (C=O) groups excluding carboxylic acids is 3. The van der Waals surface area contributed by atoms with Gasteiger partial charge in [0.2, 0.25) is 17.7 Å². The zero-order valence-corrected chi connectivity index (χ0v) is 41.0. The Bertz CT molecular complexity index is 2140. The highest BCUT2D eigenvalue weighted by Crippen LogP contribution is 2.61. The standard InChI is InChI=1S/C31H57N10O17P3S.C2HF3O2/c1-31(2,26(45)29(46)36-11-7-21(42)35-12-14-62-16-22(43)34-10-5-8-33-9-6-13-40(3)4)17-55-61(52,53)58-60(50,51)54-15-20-25(57-59(47,48)49)24(44)30(56-20)41-19-39-23-27(32)37-18-38-28(23)41;3-2(4,5)1(6)7/h18-20,24-26,30,33,44-45H,5-17H2,1-4H3,(H,34,43)(H,35,42)(H,36,46)(H,50,51)(H,52,53)(H2,32,37,38)(H2,47,48,49);(H,6,7)/t20-,24-,25-,26+,30-;/m1./s1. The van der Waals surface area contributed by atoms with Gasteiger partial charge in [-0.3, -0.25) is 32.5 Å². The fourth-order valence-electron chi connectivity index (χ4n) is 5.50. The molecule has 29 nitrogen and oxygen atoms in total. The van der Waals surface area contributed by atoms with Crippen LogP contribution in [0.4, 0.5) is 19.0 Å². The highest BCUT2D eigenvalue weighted by molar-refractivity contribution is 7.99. The second kappa shape index (κ2) is 28.0. The molecule has 2 unspecified atom stereocenters. The predicted octanol–water partition coefficient (Wildman–Crippen LogP) is -1.18. The summed E-state index contributed by atoms with van der Waals surface area (Å²) in [4.78, 5) is 98.9. The molecule has 69 heavy (non-hydrogen) atoms. The molecule has 0 saturated carbocycles. The molecule has 0 spiro atoms. The van der Waals surface area contributed by atoms with Crippen molar-refractivity contribution in [3.8, 4) is 0 Å².